The highest BCUT2D eigenvalue weighted by atomic mass is 32.2. The second kappa shape index (κ2) is 3.50. The van der Waals surface area contributed by atoms with E-state index in [1.54, 1.807) is 0 Å². The van der Waals surface area contributed by atoms with Crippen LogP contribution in [0.15, 0.2) is 0 Å². The second-order valence-electron chi connectivity index (χ2n) is 2.37. The summed E-state index contributed by atoms with van der Waals surface area (Å²) in [7, 11) is -2.69. The van der Waals surface area contributed by atoms with Gasteiger partial charge >= 0.3 is 0 Å². The minimum atomic E-state index is -2.69. The Bertz CT molecular complexity index is 285. The molecule has 0 saturated carbocycles. The summed E-state index contributed by atoms with van der Waals surface area (Å²) in [4.78, 5) is 0. The summed E-state index contributed by atoms with van der Waals surface area (Å²) in [6, 6.07) is 0. The van der Waals surface area contributed by atoms with Gasteiger partial charge in [0.05, 0.1) is 6.61 Å². The van der Waals surface area contributed by atoms with Crippen molar-refractivity contribution in [3.8, 4) is 0 Å². The Labute approximate surface area is 69.6 Å². The normalized spacial score (nSPS) is 36.6. The molecule has 3 unspecified atom stereocenters. The van der Waals surface area contributed by atoms with Crippen LogP contribution in [0.4, 0.5) is 0 Å². The van der Waals surface area contributed by atoms with Gasteiger partial charge in [-0.1, -0.05) is 0 Å². The molecule has 1 aliphatic heterocycles. The van der Waals surface area contributed by atoms with E-state index in [9.17, 15) is 8.42 Å². The molecule has 1 aliphatic rings. The van der Waals surface area contributed by atoms with Crippen LogP contribution in [0.25, 0.3) is 0 Å². The Balaban J connectivity index is 2.94. The van der Waals surface area contributed by atoms with Gasteiger partial charge in [-0.2, -0.15) is 8.42 Å². The summed E-state index contributed by atoms with van der Waals surface area (Å²) >= 11 is 0. The van der Waals surface area contributed by atoms with Crippen molar-refractivity contribution in [3.05, 3.63) is 0 Å². The van der Waals surface area contributed by atoms with E-state index in [2.05, 4.69) is 4.74 Å². The number of aliphatic hydroxyl groups is 3. The maximum absolute atomic E-state index is 10.3. The third-order valence-electron chi connectivity index (χ3n) is 1.52. The van der Waals surface area contributed by atoms with Crippen LogP contribution < -0.4 is 0 Å². The van der Waals surface area contributed by atoms with E-state index in [1.807, 2.05) is 0 Å². The molecule has 1 fully saturated rings. The summed E-state index contributed by atoms with van der Waals surface area (Å²) in [5.74, 6) is 0. The zero-order valence-corrected chi connectivity index (χ0v) is 6.73. The average Bonchev–Trinajstić information content (AvgIpc) is 2.00. The van der Waals surface area contributed by atoms with E-state index < -0.39 is 33.7 Å². The van der Waals surface area contributed by atoms with Gasteiger partial charge < -0.3 is 20.1 Å². The zero-order valence-electron chi connectivity index (χ0n) is 5.91. The highest BCUT2D eigenvalue weighted by molar-refractivity contribution is 7.72. The van der Waals surface area contributed by atoms with Gasteiger partial charge in [0, 0.05) is 0 Å². The molecule has 0 aliphatic carbocycles. The summed E-state index contributed by atoms with van der Waals surface area (Å²) in [6.45, 7) is -0.332. The molecule has 70 valence electrons. The van der Waals surface area contributed by atoms with Gasteiger partial charge in [0.1, 0.15) is 18.3 Å². The first-order chi connectivity index (χ1) is 5.54. The second-order valence-corrected chi connectivity index (χ2v) is 3.24. The molecule has 0 spiro atoms. The largest absolute Gasteiger partial charge is 0.388 e. The van der Waals surface area contributed by atoms with Crippen LogP contribution in [-0.2, 0) is 15.0 Å². The van der Waals surface area contributed by atoms with Gasteiger partial charge in [0.25, 0.3) is 0 Å². The molecule has 1 heterocycles. The lowest BCUT2D eigenvalue weighted by atomic mass is 10.1. The fraction of sp³-hybridized carbons (Fsp3) is 0.800. The summed E-state index contributed by atoms with van der Waals surface area (Å²) in [6.07, 6.45) is -4.44. The Hall–Kier alpha value is -0.470. The molecular weight excluding hydrogens is 188 g/mol. The van der Waals surface area contributed by atoms with Crippen LogP contribution in [0, 0.1) is 0 Å². The molecule has 1 saturated heterocycles. The van der Waals surface area contributed by atoms with E-state index in [1.165, 1.54) is 0 Å². The van der Waals surface area contributed by atoms with E-state index in [-0.39, 0.29) is 6.61 Å². The number of rotatable bonds is 0. The summed E-state index contributed by atoms with van der Waals surface area (Å²) in [5.41, 5.74) is 0. The van der Waals surface area contributed by atoms with Gasteiger partial charge in [0.2, 0.25) is 15.3 Å². The van der Waals surface area contributed by atoms with Crippen LogP contribution in [-0.4, -0.2) is 53.7 Å². The van der Waals surface area contributed by atoms with Crippen molar-refractivity contribution in [3.63, 3.8) is 0 Å². The van der Waals surface area contributed by atoms with Crippen LogP contribution in [0.3, 0.4) is 0 Å². The standard InChI is InChI=1S/C5H8O6S/c6-2-1-11-5(12(9)10)4(8)3(2)7/h2-4,6-8H,1H2. The number of ether oxygens (including phenoxy) is 1. The van der Waals surface area contributed by atoms with Crippen molar-refractivity contribution in [1.82, 2.24) is 0 Å². The molecule has 0 aromatic carbocycles. The molecular formula is C5H8O6S. The van der Waals surface area contributed by atoms with Crippen molar-refractivity contribution in [2.24, 2.45) is 0 Å². The fourth-order valence-electron chi connectivity index (χ4n) is 0.848. The maximum atomic E-state index is 10.3. The zero-order chi connectivity index (χ0) is 9.30. The van der Waals surface area contributed by atoms with Crippen molar-refractivity contribution < 1.29 is 28.5 Å². The van der Waals surface area contributed by atoms with Crippen molar-refractivity contribution in [1.29, 1.82) is 0 Å². The Kier molecular flexibility index (Phi) is 2.80. The minimum Gasteiger partial charge on any atom is -0.388 e. The molecule has 3 atom stereocenters. The van der Waals surface area contributed by atoms with Crippen LogP contribution in [0.2, 0.25) is 0 Å². The van der Waals surface area contributed by atoms with E-state index in [0.29, 0.717) is 0 Å². The number of aliphatic hydroxyl groups excluding tert-OH is 3. The number of hydrogen-bond donors (Lipinski definition) is 3. The molecule has 0 radical (unpaired) electrons. The highest BCUT2D eigenvalue weighted by Crippen LogP contribution is 2.09. The Morgan fingerprint density at radius 3 is 2.42 bits per heavy atom. The molecule has 0 amide bonds. The van der Waals surface area contributed by atoms with Gasteiger partial charge in [-0.3, -0.25) is 0 Å². The van der Waals surface area contributed by atoms with E-state index in [0.717, 1.165) is 0 Å². The first kappa shape index (κ1) is 9.62. The maximum Gasteiger partial charge on any atom is 0.243 e. The van der Waals surface area contributed by atoms with Crippen LogP contribution >= 0.6 is 0 Å². The first-order valence-corrected chi connectivity index (χ1v) is 4.24. The topological polar surface area (TPSA) is 104 Å². The Morgan fingerprint density at radius 1 is 1.33 bits per heavy atom. The van der Waals surface area contributed by atoms with E-state index >= 15 is 0 Å². The molecule has 6 nitrogen and oxygen atoms in total. The molecule has 0 aromatic rings. The molecule has 3 N–H and O–H groups in total. The first-order valence-electron chi connectivity index (χ1n) is 3.17. The summed E-state index contributed by atoms with van der Waals surface area (Å²) < 4.78 is 25.1. The molecule has 1 rings (SSSR count). The monoisotopic (exact) mass is 196 g/mol. The van der Waals surface area contributed by atoms with Crippen molar-refractivity contribution in [2.75, 3.05) is 6.61 Å². The lowest BCUT2D eigenvalue weighted by Gasteiger charge is -2.27. The lowest BCUT2D eigenvalue weighted by Crippen LogP contribution is -2.50. The predicted molar refractivity (Wildman–Crippen MR) is 37.9 cm³/mol. The quantitative estimate of drug-likeness (QED) is 0.359. The van der Waals surface area contributed by atoms with Gasteiger partial charge in [0.15, 0.2) is 0 Å². The summed E-state index contributed by atoms with van der Waals surface area (Å²) in [5, 5.41) is 26.3. The Morgan fingerprint density at radius 2 is 1.92 bits per heavy atom. The van der Waals surface area contributed by atoms with Gasteiger partial charge in [-0.05, 0) is 0 Å². The fourth-order valence-corrected chi connectivity index (χ4v) is 1.35. The molecule has 12 heavy (non-hydrogen) atoms. The third kappa shape index (κ3) is 1.65. The smallest absolute Gasteiger partial charge is 0.243 e. The molecule has 0 bridgehead atoms. The van der Waals surface area contributed by atoms with Crippen LogP contribution in [0.1, 0.15) is 0 Å². The van der Waals surface area contributed by atoms with Gasteiger partial charge in [-0.15, -0.1) is 0 Å². The molecule has 7 heteroatoms. The predicted octanol–water partition coefficient (Wildman–Crippen LogP) is -2.89. The van der Waals surface area contributed by atoms with E-state index in [4.69, 9.17) is 15.3 Å². The minimum absolute atomic E-state index is 0.332. The SMILES string of the molecule is O=S(=O)=C1OCC(O)C(O)C1O. The number of hydrogen-bond acceptors (Lipinski definition) is 6. The van der Waals surface area contributed by atoms with Crippen LogP contribution in [0.5, 0.6) is 0 Å². The van der Waals surface area contributed by atoms with Gasteiger partial charge in [-0.25, -0.2) is 0 Å². The third-order valence-corrected chi connectivity index (χ3v) is 2.21. The lowest BCUT2D eigenvalue weighted by molar-refractivity contribution is -0.0813. The van der Waals surface area contributed by atoms with Crippen molar-refractivity contribution in [2.45, 2.75) is 18.3 Å². The highest BCUT2D eigenvalue weighted by Gasteiger charge is 2.35. The average molecular weight is 196 g/mol. The van der Waals surface area contributed by atoms with Crippen molar-refractivity contribution >= 4 is 15.3 Å². The molecule has 0 aromatic heterocycles.